The number of ether oxygens (including phenoxy) is 1. The van der Waals surface area contributed by atoms with Crippen molar-refractivity contribution < 1.29 is 4.74 Å². The van der Waals surface area contributed by atoms with Crippen LogP contribution in [0.5, 0.6) is 0 Å². The van der Waals surface area contributed by atoms with Gasteiger partial charge in [-0.3, -0.25) is 0 Å². The van der Waals surface area contributed by atoms with E-state index in [1.807, 2.05) is 35.9 Å². The summed E-state index contributed by atoms with van der Waals surface area (Å²) in [5.41, 5.74) is 2.42. The Morgan fingerprint density at radius 2 is 2.11 bits per heavy atom. The third-order valence-electron chi connectivity index (χ3n) is 3.05. The van der Waals surface area contributed by atoms with E-state index in [0.29, 0.717) is 11.4 Å². The summed E-state index contributed by atoms with van der Waals surface area (Å²) in [5, 5.41) is 0.628. The van der Waals surface area contributed by atoms with Crippen LogP contribution in [0.4, 0.5) is 0 Å². The highest BCUT2D eigenvalue weighted by Crippen LogP contribution is 2.28. The topological polar surface area (TPSA) is 9.23 Å². The summed E-state index contributed by atoms with van der Waals surface area (Å²) in [5.74, 6) is 3.75. The molecule has 1 aliphatic heterocycles. The van der Waals surface area contributed by atoms with Crippen molar-refractivity contribution in [2.45, 2.75) is 25.2 Å². The standard InChI is InChI=1S/C15H20OS2/c1-12(14-6-4-3-5-7-14)10-16-13(2)15-11-17-8-9-18-15/h3-7,10,13,15H,8-9,11H2,1-2H3/b12-10-. The smallest absolute Gasteiger partial charge is 0.108 e. The number of rotatable bonds is 4. The lowest BCUT2D eigenvalue weighted by atomic mass is 10.1. The van der Waals surface area contributed by atoms with Gasteiger partial charge in [0.1, 0.15) is 6.10 Å². The van der Waals surface area contributed by atoms with Crippen molar-refractivity contribution >= 4 is 29.1 Å². The predicted molar refractivity (Wildman–Crippen MR) is 84.2 cm³/mol. The molecule has 0 spiro atoms. The Morgan fingerprint density at radius 3 is 2.78 bits per heavy atom. The van der Waals surface area contributed by atoms with Crippen LogP contribution >= 0.6 is 23.5 Å². The zero-order chi connectivity index (χ0) is 12.8. The molecule has 2 atom stereocenters. The van der Waals surface area contributed by atoms with Gasteiger partial charge in [0.25, 0.3) is 0 Å². The van der Waals surface area contributed by atoms with E-state index in [4.69, 9.17) is 4.74 Å². The van der Waals surface area contributed by atoms with Crippen LogP contribution in [0.3, 0.4) is 0 Å². The van der Waals surface area contributed by atoms with Crippen LogP contribution in [0.15, 0.2) is 36.6 Å². The molecule has 2 rings (SSSR count). The summed E-state index contributed by atoms with van der Waals surface area (Å²) < 4.78 is 5.90. The van der Waals surface area contributed by atoms with Crippen LogP contribution in [0.25, 0.3) is 5.57 Å². The van der Waals surface area contributed by atoms with Gasteiger partial charge in [-0.25, -0.2) is 0 Å². The minimum Gasteiger partial charge on any atom is -0.497 e. The van der Waals surface area contributed by atoms with Crippen LogP contribution in [-0.2, 0) is 4.74 Å². The highest BCUT2D eigenvalue weighted by Gasteiger charge is 2.21. The van der Waals surface area contributed by atoms with E-state index in [1.165, 1.54) is 28.4 Å². The van der Waals surface area contributed by atoms with Crippen LogP contribution in [0.2, 0.25) is 0 Å². The van der Waals surface area contributed by atoms with E-state index in [2.05, 4.69) is 38.1 Å². The van der Waals surface area contributed by atoms with Crippen molar-refractivity contribution in [2.75, 3.05) is 17.3 Å². The lowest BCUT2D eigenvalue weighted by Gasteiger charge is -2.26. The molecule has 2 unspecified atom stereocenters. The molecule has 1 aliphatic rings. The third kappa shape index (κ3) is 3.99. The van der Waals surface area contributed by atoms with Gasteiger partial charge in [0.15, 0.2) is 0 Å². The van der Waals surface area contributed by atoms with E-state index in [9.17, 15) is 0 Å². The Hall–Kier alpha value is -0.540. The van der Waals surface area contributed by atoms with Crippen LogP contribution < -0.4 is 0 Å². The summed E-state index contributed by atoms with van der Waals surface area (Å²) in [6.07, 6.45) is 2.21. The van der Waals surface area contributed by atoms with Gasteiger partial charge in [0.2, 0.25) is 0 Å². The minimum absolute atomic E-state index is 0.293. The first-order chi connectivity index (χ1) is 8.77. The average Bonchev–Trinajstić information content (AvgIpc) is 2.46. The predicted octanol–water partition coefficient (Wildman–Crippen LogP) is 4.30. The molecule has 0 aliphatic carbocycles. The molecule has 0 N–H and O–H groups in total. The van der Waals surface area contributed by atoms with Gasteiger partial charge in [-0.1, -0.05) is 30.3 Å². The monoisotopic (exact) mass is 280 g/mol. The number of benzene rings is 1. The second-order valence-electron chi connectivity index (χ2n) is 4.49. The maximum Gasteiger partial charge on any atom is 0.108 e. The fraction of sp³-hybridized carbons (Fsp3) is 0.467. The maximum absolute atomic E-state index is 5.90. The summed E-state index contributed by atoms with van der Waals surface area (Å²) in [7, 11) is 0. The molecule has 1 aromatic carbocycles. The van der Waals surface area contributed by atoms with Crippen LogP contribution in [-0.4, -0.2) is 28.6 Å². The van der Waals surface area contributed by atoms with Crippen molar-refractivity contribution in [3.05, 3.63) is 42.2 Å². The molecule has 1 nitrogen and oxygen atoms in total. The summed E-state index contributed by atoms with van der Waals surface area (Å²) in [4.78, 5) is 0. The average molecular weight is 280 g/mol. The fourth-order valence-corrected chi connectivity index (χ4v) is 4.68. The molecule has 0 saturated carbocycles. The summed E-state index contributed by atoms with van der Waals surface area (Å²) in [6, 6.07) is 10.4. The highest BCUT2D eigenvalue weighted by atomic mass is 32.2. The zero-order valence-electron chi connectivity index (χ0n) is 11.0. The maximum atomic E-state index is 5.90. The normalized spacial score (nSPS) is 22.6. The summed E-state index contributed by atoms with van der Waals surface area (Å²) in [6.45, 7) is 4.28. The van der Waals surface area contributed by atoms with Crippen molar-refractivity contribution in [3.8, 4) is 0 Å². The van der Waals surface area contributed by atoms with Crippen molar-refractivity contribution in [2.24, 2.45) is 0 Å². The lowest BCUT2D eigenvalue weighted by molar-refractivity contribution is 0.165. The zero-order valence-corrected chi connectivity index (χ0v) is 12.6. The minimum atomic E-state index is 0.293. The molecule has 1 saturated heterocycles. The van der Waals surface area contributed by atoms with Crippen molar-refractivity contribution in [1.82, 2.24) is 0 Å². The van der Waals surface area contributed by atoms with E-state index in [1.54, 1.807) is 0 Å². The van der Waals surface area contributed by atoms with Gasteiger partial charge < -0.3 is 4.74 Å². The third-order valence-corrected chi connectivity index (χ3v) is 6.03. The van der Waals surface area contributed by atoms with E-state index < -0.39 is 0 Å². The van der Waals surface area contributed by atoms with Gasteiger partial charge >= 0.3 is 0 Å². The van der Waals surface area contributed by atoms with E-state index in [-0.39, 0.29) is 0 Å². The van der Waals surface area contributed by atoms with Crippen molar-refractivity contribution in [1.29, 1.82) is 0 Å². The first-order valence-corrected chi connectivity index (χ1v) is 8.54. The molecule has 0 aromatic heterocycles. The Labute approximate surface area is 118 Å². The van der Waals surface area contributed by atoms with Crippen LogP contribution in [0, 0.1) is 0 Å². The molecular weight excluding hydrogens is 260 g/mol. The Morgan fingerprint density at radius 1 is 1.33 bits per heavy atom. The first-order valence-electron chi connectivity index (χ1n) is 6.34. The fourth-order valence-electron chi connectivity index (χ4n) is 1.84. The Balaban J connectivity index is 1.89. The molecule has 0 radical (unpaired) electrons. The second kappa shape index (κ2) is 7.15. The molecule has 18 heavy (non-hydrogen) atoms. The van der Waals surface area contributed by atoms with Crippen LogP contribution in [0.1, 0.15) is 19.4 Å². The molecule has 1 aromatic rings. The lowest BCUT2D eigenvalue weighted by Crippen LogP contribution is -2.27. The molecule has 1 heterocycles. The molecule has 0 amide bonds. The molecule has 0 bridgehead atoms. The summed E-state index contributed by atoms with van der Waals surface area (Å²) >= 11 is 4.08. The van der Waals surface area contributed by atoms with E-state index >= 15 is 0 Å². The molecule has 98 valence electrons. The Kier molecular flexibility index (Phi) is 5.51. The number of hydrogen-bond donors (Lipinski definition) is 0. The largest absolute Gasteiger partial charge is 0.497 e. The van der Waals surface area contributed by atoms with Gasteiger partial charge in [0.05, 0.1) is 11.5 Å². The van der Waals surface area contributed by atoms with Gasteiger partial charge in [-0.2, -0.15) is 23.5 Å². The number of hydrogen-bond acceptors (Lipinski definition) is 3. The molecule has 3 heteroatoms. The number of allylic oxidation sites excluding steroid dienone is 1. The second-order valence-corrected chi connectivity index (χ2v) is 6.99. The molecular formula is C15H20OS2. The Bertz CT molecular complexity index is 383. The van der Waals surface area contributed by atoms with Gasteiger partial charge in [-0.05, 0) is 25.0 Å². The number of thioether (sulfide) groups is 2. The quantitative estimate of drug-likeness (QED) is 0.761. The van der Waals surface area contributed by atoms with Gasteiger partial charge in [0, 0.05) is 17.3 Å². The SMILES string of the molecule is C/C(=C/OC(C)C1CSCCS1)c1ccccc1. The molecule has 1 fully saturated rings. The first kappa shape index (κ1) is 13.9. The van der Waals surface area contributed by atoms with E-state index in [0.717, 1.165) is 0 Å². The van der Waals surface area contributed by atoms with Gasteiger partial charge in [-0.15, -0.1) is 0 Å². The highest BCUT2D eigenvalue weighted by molar-refractivity contribution is 8.06. The van der Waals surface area contributed by atoms with Crippen molar-refractivity contribution in [3.63, 3.8) is 0 Å².